The third-order valence-corrected chi connectivity index (χ3v) is 26.0. The number of carbonyl (C=O) groups is 8. The van der Waals surface area contributed by atoms with E-state index < -0.39 is 102 Å². The summed E-state index contributed by atoms with van der Waals surface area (Å²) < 4.78 is 56.8. The minimum absolute atomic E-state index is 0. The first-order valence-corrected chi connectivity index (χ1v) is 46.2. The van der Waals surface area contributed by atoms with Crippen molar-refractivity contribution in [2.24, 2.45) is 34.8 Å². The molecule has 15 atom stereocenters. The number of carbonyl (C=O) groups excluding carboxylic acids is 7. The van der Waals surface area contributed by atoms with Crippen LogP contribution in [-0.4, -0.2) is 251 Å². The SMILES string of the molecule is CC[C@H](N)B1O[C@@H]2C[C@@H]3C[C@@H](C3(C)C)[C@]2(C)O1.CN[C@H](C(=O)N1C[C@H](Oc2cc(-c3ccccc3)nc3ccccc23)C[C@H]1C(=O)O)C(C)C.CN[C@H](C(=O)N1C[C@H](Oc2cc(-c3ccccc3)nc3ccccc23)C[C@H]1C(=O)OC)C(C)C.COC(=O)[C@@H]1C[C@@H](Oc2cc(-c3ccccc3)nc3ccccc23)CN1C(=O)OC(C)(C)C.COC(=O)[C@@H]1C[C@H](O)CN1C(=O)OC(C)(C)C.Cl. The fraction of sp³-hybridized carbons (Fsp3) is 0.485. The second kappa shape index (κ2) is 44.9. The molecule has 30 nitrogen and oxygen atoms in total. The summed E-state index contributed by atoms with van der Waals surface area (Å²) in [6.45, 7) is 28.3. The van der Waals surface area contributed by atoms with E-state index in [0.29, 0.717) is 48.0 Å². The molecule has 6 N–H and O–H groups in total. The average molecular weight is 1880 g/mol. The van der Waals surface area contributed by atoms with Gasteiger partial charge in [0, 0.05) is 82.7 Å². The Morgan fingerprint density at radius 2 is 0.822 bits per heavy atom. The summed E-state index contributed by atoms with van der Waals surface area (Å²) in [4.78, 5) is 119. The summed E-state index contributed by atoms with van der Waals surface area (Å²) in [7, 11) is 7.20. The lowest BCUT2D eigenvalue weighted by molar-refractivity contribution is -0.199. The number of aliphatic hydroxyl groups is 1. The number of benzene rings is 6. The number of fused-ring (bicyclic) bond motifs is 3. The third-order valence-electron chi connectivity index (χ3n) is 26.0. The van der Waals surface area contributed by atoms with E-state index in [1.54, 1.807) is 60.5 Å². The molecule has 0 radical (unpaired) electrons. The molecular weight excluding hydrogens is 1740 g/mol. The number of likely N-dealkylation sites (tertiary alicyclic amines) is 4. The average Bonchev–Trinajstić information content (AvgIpc) is 1.61. The molecule has 4 amide bonds. The molecule has 2 bridgehead atoms. The molecule has 8 fully saturated rings. The molecule has 3 aromatic heterocycles. The lowest BCUT2D eigenvalue weighted by Gasteiger charge is -2.64. The van der Waals surface area contributed by atoms with Crippen LogP contribution in [0.4, 0.5) is 9.59 Å². The number of amides is 4. The Hall–Kier alpha value is -11.6. The Balaban J connectivity index is 0.000000166. The minimum atomic E-state index is -1.02. The first-order chi connectivity index (χ1) is 63.7. The second-order valence-electron chi connectivity index (χ2n) is 38.6. The van der Waals surface area contributed by atoms with Gasteiger partial charge in [-0.1, -0.05) is 176 Å². The molecule has 6 aromatic carbocycles. The molecule has 5 saturated heterocycles. The third kappa shape index (κ3) is 24.6. The molecule has 8 aliphatic rings. The van der Waals surface area contributed by atoms with Gasteiger partial charge in [-0.2, -0.15) is 0 Å². The normalized spacial score (nSPS) is 23.1. The van der Waals surface area contributed by atoms with Crippen LogP contribution in [0.5, 0.6) is 17.2 Å². The van der Waals surface area contributed by atoms with Crippen LogP contribution in [0, 0.1) is 29.1 Å². The number of esters is 3. The van der Waals surface area contributed by atoms with Crippen LogP contribution in [0.25, 0.3) is 66.5 Å². The summed E-state index contributed by atoms with van der Waals surface area (Å²) in [5.74, 6) is 0.736. The number of nitrogens with two attached hydrogens (primary N) is 1. The van der Waals surface area contributed by atoms with Crippen molar-refractivity contribution in [2.75, 3.05) is 61.6 Å². The zero-order valence-corrected chi connectivity index (χ0v) is 81.6. The maximum Gasteiger partial charge on any atom is 0.475 e. The second-order valence-corrected chi connectivity index (χ2v) is 38.6. The number of carboxylic acids is 1. The van der Waals surface area contributed by atoms with Gasteiger partial charge in [-0.15, -0.1) is 12.4 Å². The molecule has 17 rings (SSSR count). The largest absolute Gasteiger partial charge is 0.488 e. The van der Waals surface area contributed by atoms with Crippen molar-refractivity contribution in [3.63, 3.8) is 0 Å². The fourth-order valence-electron chi connectivity index (χ4n) is 19.0. The van der Waals surface area contributed by atoms with Crippen LogP contribution in [0.2, 0.25) is 0 Å². The summed E-state index contributed by atoms with van der Waals surface area (Å²) >= 11 is 0. The Morgan fingerprint density at radius 3 is 1.16 bits per heavy atom. The van der Waals surface area contributed by atoms with Gasteiger partial charge < -0.3 is 83.6 Å². The molecule has 8 heterocycles. The number of aliphatic hydroxyl groups excluding tert-OH is 1. The molecule has 0 unspecified atom stereocenters. The molecule has 0 spiro atoms. The molecule has 3 aliphatic carbocycles. The van der Waals surface area contributed by atoms with E-state index in [9.17, 15) is 48.6 Å². The predicted molar refractivity (Wildman–Crippen MR) is 518 cm³/mol. The van der Waals surface area contributed by atoms with E-state index in [4.69, 9.17) is 63.2 Å². The highest BCUT2D eigenvalue weighted by atomic mass is 35.5. The van der Waals surface area contributed by atoms with Gasteiger partial charge in [0.1, 0.15) is 70.9 Å². The fourth-order valence-corrected chi connectivity index (χ4v) is 19.0. The Kier molecular flexibility index (Phi) is 34.6. The maximum atomic E-state index is 13.3. The van der Waals surface area contributed by atoms with Gasteiger partial charge in [-0.3, -0.25) is 19.4 Å². The number of β-amino-alcohol motifs (C(OH)–C–C–N with tert-alkyl or cyclic N) is 1. The summed E-state index contributed by atoms with van der Waals surface area (Å²) in [5, 5.41) is 28.0. The van der Waals surface area contributed by atoms with Crippen molar-refractivity contribution in [2.45, 2.75) is 231 Å². The number of nitrogens with one attached hydrogen (secondary N) is 2. The quantitative estimate of drug-likeness (QED) is 0.0253. The smallest absolute Gasteiger partial charge is 0.475 e. The highest BCUT2D eigenvalue weighted by Crippen LogP contribution is 2.66. The molecule has 9 aromatic rings. The van der Waals surface area contributed by atoms with Crippen molar-refractivity contribution < 1.29 is 95.8 Å². The Labute approximate surface area is 797 Å². The molecule has 3 saturated carbocycles. The van der Waals surface area contributed by atoms with Gasteiger partial charge in [0.05, 0.1) is 111 Å². The van der Waals surface area contributed by atoms with E-state index in [2.05, 4.69) is 43.1 Å². The van der Waals surface area contributed by atoms with Crippen molar-refractivity contribution >= 4 is 100 Å². The molecular formula is C103H132BClN10O20. The number of methoxy groups -OCH3 is 3. The first kappa shape index (κ1) is 104. The number of likely N-dealkylation sites (N-methyl/N-ethyl adjacent to an activating group) is 2. The topological polar surface area (TPSA) is 371 Å². The number of aromatic nitrogens is 3. The van der Waals surface area contributed by atoms with E-state index in [1.165, 1.54) is 42.4 Å². The Morgan fingerprint density at radius 1 is 0.489 bits per heavy atom. The lowest BCUT2D eigenvalue weighted by atomic mass is 9.43. The number of para-hydroxylation sites is 3. The van der Waals surface area contributed by atoms with Gasteiger partial charge in [0.15, 0.2) is 0 Å². The van der Waals surface area contributed by atoms with Gasteiger partial charge >= 0.3 is 43.2 Å². The van der Waals surface area contributed by atoms with E-state index >= 15 is 0 Å². The summed E-state index contributed by atoms with van der Waals surface area (Å²) in [6.07, 6.45) is 1.63. The van der Waals surface area contributed by atoms with Crippen LogP contribution in [0.15, 0.2) is 182 Å². The van der Waals surface area contributed by atoms with Crippen LogP contribution < -0.4 is 30.6 Å². The number of carboxylic acid groups (broad SMARTS) is 1. The summed E-state index contributed by atoms with van der Waals surface area (Å²) in [6, 6.07) is 54.7. The number of hydrogen-bond donors (Lipinski definition) is 5. The molecule has 135 heavy (non-hydrogen) atoms. The van der Waals surface area contributed by atoms with Crippen LogP contribution in [0.3, 0.4) is 0 Å². The zero-order valence-electron chi connectivity index (χ0n) is 80.8. The Bertz CT molecular complexity index is 5480. The first-order valence-electron chi connectivity index (χ1n) is 46.2. The van der Waals surface area contributed by atoms with Crippen molar-refractivity contribution in [1.29, 1.82) is 0 Å². The standard InChI is InChI=1S/C27H31N3O4.C26H29N3O4.C26H28N2O5.C13H24BNO2.C11H19NO5.ClH/c1-17(2)25(28-3)26(31)30-16-19(14-23(30)27(32)33-4)34-24-15-22(18-10-6-5-7-11-18)29-21-13-9-8-12-20(21)24;1-16(2)24(27-3)25(30)29-15-18(13-22(29)26(31)32)33-23-14-21(17-9-5-4-6-10-17)28-20-12-8-7-11-19(20)23;1-26(2,3)33-25(30)28-16-18(14-22(28)24(29)31-4)32-23-15-21(17-10-6-5-7-11-17)27-20-13-9-8-12-19(20)23;1-5-11(15)14-16-10-7-8-6-9(12(8,2)3)13(10,4)17-14;1-11(2,3)17-10(15)12-6-7(13)5-8(12)9(14)16-4;/h5-13,15,17,19,23,25,28H,14,16H2,1-4H3;4-12,14,16,18,22,24,27H,13,15H2,1-3H3,(H,31,32);5-13,15,18,22H,14,16H2,1-4H3;8-11H,5-7,15H2,1-4H3;7-8,13H,5-6H2,1-4H3;1H/t19-,23+,25+;18-,22+,24+;18-,22+;8-,9-,10+,11-,13-;7-,8-;/m11100./s1. The molecule has 5 aliphatic heterocycles. The van der Waals surface area contributed by atoms with Crippen molar-refractivity contribution in [3.05, 3.63) is 182 Å². The number of hydrogen-bond acceptors (Lipinski definition) is 25. The van der Waals surface area contributed by atoms with Gasteiger partial charge in [-0.05, 0) is 147 Å². The highest BCUT2D eigenvalue weighted by molar-refractivity contribution is 6.47. The number of aliphatic carboxylic acids is 1. The van der Waals surface area contributed by atoms with Crippen molar-refractivity contribution in [1.82, 2.24) is 45.2 Å². The van der Waals surface area contributed by atoms with Crippen LogP contribution in [0.1, 0.15) is 142 Å². The zero-order chi connectivity index (χ0) is 97.0. The minimum Gasteiger partial charge on any atom is -0.488 e. The van der Waals surface area contributed by atoms with Crippen molar-refractivity contribution in [3.8, 4) is 51.0 Å². The predicted octanol–water partition coefficient (Wildman–Crippen LogP) is 15.0. The van der Waals surface area contributed by atoms with Crippen LogP contribution >= 0.6 is 12.4 Å². The van der Waals surface area contributed by atoms with E-state index in [0.717, 1.165) is 85.2 Å². The number of ether oxygens (including phenoxy) is 8. The maximum absolute atomic E-state index is 13.3. The lowest BCUT2D eigenvalue weighted by Crippen LogP contribution is -2.65. The number of nitrogens with zero attached hydrogens (tertiary/aromatic N) is 7. The van der Waals surface area contributed by atoms with E-state index in [-0.39, 0.29) is 99.4 Å². The number of pyridine rings is 3. The number of rotatable bonds is 21. The van der Waals surface area contributed by atoms with Gasteiger partial charge in [-0.25, -0.2) is 43.7 Å². The molecule has 724 valence electrons. The van der Waals surface area contributed by atoms with Gasteiger partial charge in [0.25, 0.3) is 0 Å². The summed E-state index contributed by atoms with van der Waals surface area (Å²) in [5.41, 5.74) is 12.8. The van der Waals surface area contributed by atoms with Crippen LogP contribution in [-0.2, 0) is 61.8 Å². The highest BCUT2D eigenvalue weighted by Gasteiger charge is 2.68. The molecule has 32 heteroatoms. The van der Waals surface area contributed by atoms with Gasteiger partial charge in [0.2, 0.25) is 11.8 Å². The monoisotopic (exact) mass is 1870 g/mol. The number of halogens is 1. The van der Waals surface area contributed by atoms with E-state index in [1.807, 2.05) is 210 Å².